The molecular formula is C32H39NO10. The Morgan fingerprint density at radius 1 is 1.12 bits per heavy atom. The van der Waals surface area contributed by atoms with Crippen LogP contribution in [-0.4, -0.2) is 52.4 Å². The largest absolute Gasteiger partial charge is 0.482 e. The number of carbonyl (C=O) groups excluding carboxylic acids is 3. The summed E-state index contributed by atoms with van der Waals surface area (Å²) in [7, 11) is 0. The quantitative estimate of drug-likeness (QED) is 0.378. The van der Waals surface area contributed by atoms with E-state index in [4.69, 9.17) is 23.4 Å². The molecule has 3 heterocycles. The summed E-state index contributed by atoms with van der Waals surface area (Å²) in [6.07, 6.45) is 1.72. The molecule has 5 rings (SSSR count). The Morgan fingerprint density at radius 3 is 2.44 bits per heavy atom. The van der Waals surface area contributed by atoms with Crippen LogP contribution in [0.5, 0.6) is 5.75 Å². The molecule has 8 atom stereocenters. The average molecular weight is 598 g/mol. The van der Waals surface area contributed by atoms with Crippen LogP contribution in [0.2, 0.25) is 0 Å². The van der Waals surface area contributed by atoms with Gasteiger partial charge in [-0.3, -0.25) is 19.4 Å². The summed E-state index contributed by atoms with van der Waals surface area (Å²) < 4.78 is 29.7. The van der Waals surface area contributed by atoms with Crippen molar-refractivity contribution in [1.82, 2.24) is 4.98 Å². The third-order valence-corrected chi connectivity index (χ3v) is 9.98. The summed E-state index contributed by atoms with van der Waals surface area (Å²) in [5.41, 5.74) is -3.09. The molecule has 2 fully saturated rings. The number of aliphatic hydroxyl groups excluding tert-OH is 1. The lowest BCUT2D eigenvalue weighted by Crippen LogP contribution is -2.71. The molecule has 232 valence electrons. The van der Waals surface area contributed by atoms with Crippen LogP contribution in [-0.2, 0) is 28.6 Å². The monoisotopic (exact) mass is 597 g/mol. The van der Waals surface area contributed by atoms with Crippen molar-refractivity contribution in [3.05, 3.63) is 46.6 Å². The average Bonchev–Trinajstić information content (AvgIpc) is 2.94. The summed E-state index contributed by atoms with van der Waals surface area (Å²) in [6.45, 7) is 10.00. The zero-order valence-electron chi connectivity index (χ0n) is 25.4. The highest BCUT2D eigenvalue weighted by Gasteiger charge is 2.70. The lowest BCUT2D eigenvalue weighted by molar-refractivity contribution is -0.270. The van der Waals surface area contributed by atoms with Crippen molar-refractivity contribution in [3.63, 3.8) is 0 Å². The van der Waals surface area contributed by atoms with Crippen LogP contribution in [0, 0.1) is 22.7 Å². The molecule has 0 radical (unpaired) electrons. The highest BCUT2D eigenvalue weighted by Crippen LogP contribution is 2.67. The maximum atomic E-state index is 13.5. The Hall–Kier alpha value is -3.73. The third-order valence-electron chi connectivity index (χ3n) is 9.98. The van der Waals surface area contributed by atoms with E-state index in [9.17, 15) is 24.3 Å². The molecule has 2 aromatic rings. The number of fused-ring (bicyclic) bond motifs is 4. The van der Waals surface area contributed by atoms with Gasteiger partial charge in [0.05, 0.1) is 6.10 Å². The predicted molar refractivity (Wildman–Crippen MR) is 152 cm³/mol. The number of carbonyl (C=O) groups is 3. The molecule has 11 heteroatoms. The van der Waals surface area contributed by atoms with Gasteiger partial charge in [-0.15, -0.1) is 0 Å². The third kappa shape index (κ3) is 5.11. The van der Waals surface area contributed by atoms with E-state index in [0.717, 1.165) is 0 Å². The van der Waals surface area contributed by atoms with E-state index in [2.05, 4.69) is 4.98 Å². The molecule has 0 saturated heterocycles. The number of hydrogen-bond donors (Lipinski definition) is 1. The Labute approximate surface area is 249 Å². The number of aliphatic hydroxyl groups is 1. The predicted octanol–water partition coefficient (Wildman–Crippen LogP) is 4.15. The van der Waals surface area contributed by atoms with Gasteiger partial charge in [0.25, 0.3) is 0 Å². The summed E-state index contributed by atoms with van der Waals surface area (Å²) in [5, 5.41) is 12.1. The molecule has 1 aliphatic heterocycles. The van der Waals surface area contributed by atoms with Crippen LogP contribution in [0.3, 0.4) is 0 Å². The summed E-state index contributed by atoms with van der Waals surface area (Å²) in [6, 6.07) is 5.01. The van der Waals surface area contributed by atoms with Gasteiger partial charge in [0.15, 0.2) is 0 Å². The molecule has 2 aliphatic carbocycles. The first kappa shape index (κ1) is 30.7. The second kappa shape index (κ2) is 11.1. The minimum atomic E-state index is -1.34. The smallest absolute Gasteiger partial charge is 0.345 e. The van der Waals surface area contributed by atoms with Crippen LogP contribution < -0.4 is 10.4 Å². The van der Waals surface area contributed by atoms with E-state index in [-0.39, 0.29) is 42.4 Å². The minimum Gasteiger partial charge on any atom is -0.482 e. The standard InChI is InChI=1S/C32H39NO10/c1-7-25(36)39-16-31(5)22-14-24(41-18(3)35)32(6)28(30(22,4)11-10-23(31)40-17(2)34)27(37)26-21(43-32)13-20(42-29(26)38)19-9-8-12-33-15-19/h8-9,12-13,15,22-24,27-28,37H,7,10-11,14,16H2,1-6H3/t22-,23+,24+,27-,28-,30-,31-,32+/m1/s1. The molecule has 3 aliphatic rings. The highest BCUT2D eigenvalue weighted by atomic mass is 16.6. The molecule has 2 aromatic heterocycles. The first-order valence-corrected chi connectivity index (χ1v) is 14.7. The van der Waals surface area contributed by atoms with Crippen molar-refractivity contribution in [3.8, 4) is 17.1 Å². The van der Waals surface area contributed by atoms with Crippen molar-refractivity contribution >= 4 is 17.9 Å². The van der Waals surface area contributed by atoms with Crippen molar-refractivity contribution in [2.45, 2.75) is 91.1 Å². The number of rotatable bonds is 6. The summed E-state index contributed by atoms with van der Waals surface area (Å²) in [5.74, 6) is -2.16. The van der Waals surface area contributed by atoms with E-state index >= 15 is 0 Å². The second-order valence-corrected chi connectivity index (χ2v) is 12.7. The fourth-order valence-corrected chi connectivity index (χ4v) is 8.12. The maximum Gasteiger partial charge on any atom is 0.345 e. The molecule has 0 spiro atoms. The van der Waals surface area contributed by atoms with E-state index in [0.29, 0.717) is 18.4 Å². The second-order valence-electron chi connectivity index (χ2n) is 12.7. The first-order valence-electron chi connectivity index (χ1n) is 14.7. The molecule has 43 heavy (non-hydrogen) atoms. The van der Waals surface area contributed by atoms with E-state index in [1.807, 2.05) is 13.8 Å². The van der Waals surface area contributed by atoms with Gasteiger partial charge >= 0.3 is 23.5 Å². The number of esters is 3. The van der Waals surface area contributed by atoms with E-state index in [1.54, 1.807) is 44.4 Å². The minimum absolute atomic E-state index is 0.0141. The van der Waals surface area contributed by atoms with Crippen molar-refractivity contribution in [2.75, 3.05) is 6.61 Å². The molecule has 0 bridgehead atoms. The molecule has 0 aromatic carbocycles. The SMILES string of the molecule is CCC(=O)OC[C@]1(C)[C@@H]2C[C@H](OC(C)=O)[C@]3(C)Oc4cc(-c5cccnc5)oc(=O)c4[C@@H](O)[C@@H]3[C@]2(C)CC[C@@H]1OC(C)=O. The molecule has 0 unspecified atom stereocenters. The maximum absolute atomic E-state index is 13.5. The zero-order valence-corrected chi connectivity index (χ0v) is 25.4. The lowest BCUT2D eigenvalue weighted by Gasteiger charge is -2.66. The molecule has 11 nitrogen and oxygen atoms in total. The van der Waals surface area contributed by atoms with Crippen molar-refractivity contribution in [2.24, 2.45) is 22.7 Å². The number of aromatic nitrogens is 1. The molecule has 0 amide bonds. The van der Waals surface area contributed by atoms with Gasteiger partial charge in [0.2, 0.25) is 0 Å². The van der Waals surface area contributed by atoms with Crippen LogP contribution >= 0.6 is 0 Å². The Morgan fingerprint density at radius 2 is 1.81 bits per heavy atom. The first-order chi connectivity index (χ1) is 20.2. The van der Waals surface area contributed by atoms with Gasteiger partial charge in [-0.1, -0.05) is 20.8 Å². The van der Waals surface area contributed by atoms with Crippen LogP contribution in [0.4, 0.5) is 0 Å². The normalized spacial score (nSPS) is 34.4. The van der Waals surface area contributed by atoms with Gasteiger partial charge in [0.1, 0.15) is 41.5 Å². The number of pyridine rings is 1. The lowest BCUT2D eigenvalue weighted by atomic mass is 9.42. The highest BCUT2D eigenvalue weighted by molar-refractivity contribution is 5.69. The number of hydrogen-bond acceptors (Lipinski definition) is 11. The molecule has 1 N–H and O–H groups in total. The fourth-order valence-electron chi connectivity index (χ4n) is 8.12. The van der Waals surface area contributed by atoms with Gasteiger partial charge in [-0.25, -0.2) is 4.79 Å². The van der Waals surface area contributed by atoms with E-state index < -0.39 is 64.2 Å². The number of nitrogens with zero attached hydrogens (tertiary/aromatic N) is 1. The topological polar surface area (TPSA) is 151 Å². The Balaban J connectivity index is 1.65. The Bertz CT molecular complexity index is 1470. The summed E-state index contributed by atoms with van der Waals surface area (Å²) >= 11 is 0. The zero-order chi connectivity index (χ0) is 31.3. The molecule has 2 saturated carbocycles. The Kier molecular flexibility index (Phi) is 7.91. The molecular weight excluding hydrogens is 558 g/mol. The summed E-state index contributed by atoms with van der Waals surface area (Å²) in [4.78, 5) is 54.5. The fraction of sp³-hybridized carbons (Fsp3) is 0.594. The van der Waals surface area contributed by atoms with E-state index in [1.165, 1.54) is 13.8 Å². The van der Waals surface area contributed by atoms with Gasteiger partial charge in [-0.05, 0) is 49.7 Å². The van der Waals surface area contributed by atoms with Gasteiger partial charge in [0, 0.05) is 55.6 Å². The van der Waals surface area contributed by atoms with Gasteiger partial charge in [-0.2, -0.15) is 0 Å². The number of ether oxygens (including phenoxy) is 4. The van der Waals surface area contributed by atoms with Crippen LogP contribution in [0.1, 0.15) is 78.9 Å². The van der Waals surface area contributed by atoms with Crippen molar-refractivity contribution < 1.29 is 42.9 Å². The van der Waals surface area contributed by atoms with Crippen LogP contribution in [0.15, 0.2) is 39.8 Å². The van der Waals surface area contributed by atoms with Crippen molar-refractivity contribution in [1.29, 1.82) is 0 Å². The van der Waals surface area contributed by atoms with Gasteiger partial charge < -0.3 is 28.5 Å². The van der Waals surface area contributed by atoms with Crippen LogP contribution in [0.25, 0.3) is 11.3 Å².